The van der Waals surface area contributed by atoms with Gasteiger partial charge in [-0.2, -0.15) is 5.10 Å². The van der Waals surface area contributed by atoms with Crippen LogP contribution in [0.3, 0.4) is 0 Å². The van der Waals surface area contributed by atoms with E-state index >= 15 is 0 Å². The Balaban J connectivity index is 2.01. The van der Waals surface area contributed by atoms with Crippen molar-refractivity contribution in [2.75, 3.05) is 6.54 Å². The Labute approximate surface area is 123 Å². The van der Waals surface area contributed by atoms with E-state index in [-0.39, 0.29) is 0 Å². The molecule has 0 aliphatic heterocycles. The molecule has 4 nitrogen and oxygen atoms in total. The Morgan fingerprint density at radius 3 is 2.65 bits per heavy atom. The lowest BCUT2D eigenvalue weighted by Crippen LogP contribution is -2.38. The quantitative estimate of drug-likeness (QED) is 0.779. The summed E-state index contributed by atoms with van der Waals surface area (Å²) in [4.78, 5) is 4.49. The maximum Gasteiger partial charge on any atom is 0.138 e. The highest BCUT2D eigenvalue weighted by atomic mass is 15.3. The fourth-order valence-electron chi connectivity index (χ4n) is 3.42. The van der Waals surface area contributed by atoms with Crippen LogP contribution in [0, 0.1) is 5.92 Å². The molecule has 1 aromatic rings. The van der Waals surface area contributed by atoms with Crippen molar-refractivity contribution in [3.8, 4) is 0 Å². The summed E-state index contributed by atoms with van der Waals surface area (Å²) in [5, 5.41) is 8.07. The lowest BCUT2D eigenvalue weighted by molar-refractivity contribution is 0.314. The van der Waals surface area contributed by atoms with Gasteiger partial charge in [0, 0.05) is 19.0 Å². The number of nitrogens with zero attached hydrogens (tertiary/aromatic N) is 3. The topological polar surface area (TPSA) is 42.7 Å². The lowest BCUT2D eigenvalue weighted by atomic mass is 9.89. The Morgan fingerprint density at radius 1 is 1.25 bits per heavy atom. The summed E-state index contributed by atoms with van der Waals surface area (Å²) in [5.41, 5.74) is 0. The molecule has 1 aliphatic rings. The molecule has 0 aromatic carbocycles. The average molecular weight is 278 g/mol. The van der Waals surface area contributed by atoms with Gasteiger partial charge in [0.1, 0.15) is 12.2 Å². The van der Waals surface area contributed by atoms with Gasteiger partial charge in [-0.15, -0.1) is 0 Å². The largest absolute Gasteiger partial charge is 0.314 e. The van der Waals surface area contributed by atoms with Crippen LogP contribution in [0.4, 0.5) is 0 Å². The number of likely N-dealkylation sites (N-methyl/N-ethyl adjacent to an activating group) is 1. The smallest absolute Gasteiger partial charge is 0.138 e. The second-order valence-corrected chi connectivity index (χ2v) is 6.02. The minimum atomic E-state index is 0.568. The summed E-state index contributed by atoms with van der Waals surface area (Å²) in [6, 6.07) is 0.568. The second kappa shape index (κ2) is 8.40. The van der Waals surface area contributed by atoms with Crippen molar-refractivity contribution in [2.45, 2.75) is 77.8 Å². The van der Waals surface area contributed by atoms with Gasteiger partial charge in [-0.25, -0.2) is 4.98 Å². The van der Waals surface area contributed by atoms with E-state index in [2.05, 4.69) is 33.9 Å². The minimum absolute atomic E-state index is 0.568. The molecule has 2 rings (SSSR count). The highest BCUT2D eigenvalue weighted by Gasteiger charge is 2.23. The third kappa shape index (κ3) is 4.30. The van der Waals surface area contributed by atoms with E-state index in [1.54, 1.807) is 6.33 Å². The molecule has 0 spiro atoms. The molecule has 0 saturated heterocycles. The van der Waals surface area contributed by atoms with Crippen LogP contribution < -0.4 is 5.32 Å². The molecule has 4 heteroatoms. The number of aromatic nitrogens is 3. The summed E-state index contributed by atoms with van der Waals surface area (Å²) in [7, 11) is 0. The second-order valence-electron chi connectivity index (χ2n) is 6.02. The average Bonchev–Trinajstić information content (AvgIpc) is 2.73. The zero-order valence-corrected chi connectivity index (χ0v) is 13.1. The van der Waals surface area contributed by atoms with Crippen LogP contribution in [0.5, 0.6) is 0 Å². The molecule has 1 aliphatic carbocycles. The van der Waals surface area contributed by atoms with Crippen molar-refractivity contribution >= 4 is 0 Å². The van der Waals surface area contributed by atoms with Gasteiger partial charge >= 0.3 is 0 Å². The minimum Gasteiger partial charge on any atom is -0.314 e. The first-order valence-electron chi connectivity index (χ1n) is 8.45. The standard InChI is InChI=1S/C16H30N4/c1-3-11-20-16(18-13-19-20)12-15(17-4-2)14-9-7-5-6-8-10-14/h13-15,17H,3-12H2,1-2H3. The highest BCUT2D eigenvalue weighted by Crippen LogP contribution is 2.27. The zero-order chi connectivity index (χ0) is 14.2. The van der Waals surface area contributed by atoms with Gasteiger partial charge in [0.2, 0.25) is 0 Å². The van der Waals surface area contributed by atoms with Crippen LogP contribution in [-0.4, -0.2) is 27.4 Å². The normalized spacial score (nSPS) is 18.9. The van der Waals surface area contributed by atoms with Gasteiger partial charge in [-0.1, -0.05) is 39.5 Å². The van der Waals surface area contributed by atoms with Gasteiger partial charge in [-0.05, 0) is 31.7 Å². The summed E-state index contributed by atoms with van der Waals surface area (Å²) < 4.78 is 2.08. The number of aryl methyl sites for hydroxylation is 1. The van der Waals surface area contributed by atoms with Gasteiger partial charge in [0.05, 0.1) is 0 Å². The van der Waals surface area contributed by atoms with Crippen molar-refractivity contribution in [1.82, 2.24) is 20.1 Å². The SMILES string of the molecule is CCCn1ncnc1CC(NCC)C1CCCCCC1. The van der Waals surface area contributed by atoms with E-state index in [0.717, 1.165) is 37.7 Å². The lowest BCUT2D eigenvalue weighted by Gasteiger charge is -2.26. The van der Waals surface area contributed by atoms with Crippen LogP contribution >= 0.6 is 0 Å². The van der Waals surface area contributed by atoms with Crippen LogP contribution in [0.2, 0.25) is 0 Å². The fourth-order valence-corrected chi connectivity index (χ4v) is 3.42. The Morgan fingerprint density at radius 2 is 2.00 bits per heavy atom. The molecule has 1 aromatic heterocycles. The van der Waals surface area contributed by atoms with Crippen LogP contribution in [0.25, 0.3) is 0 Å². The molecule has 20 heavy (non-hydrogen) atoms. The van der Waals surface area contributed by atoms with E-state index in [1.807, 2.05) is 0 Å². The van der Waals surface area contributed by atoms with Crippen molar-refractivity contribution in [3.05, 3.63) is 12.2 Å². The number of hydrogen-bond donors (Lipinski definition) is 1. The van der Waals surface area contributed by atoms with E-state index in [1.165, 1.54) is 38.5 Å². The number of hydrogen-bond acceptors (Lipinski definition) is 3. The highest BCUT2D eigenvalue weighted by molar-refractivity contribution is 4.92. The molecule has 1 fully saturated rings. The first-order valence-corrected chi connectivity index (χ1v) is 8.45. The van der Waals surface area contributed by atoms with Crippen molar-refractivity contribution in [3.63, 3.8) is 0 Å². The van der Waals surface area contributed by atoms with Crippen molar-refractivity contribution in [1.29, 1.82) is 0 Å². The maximum absolute atomic E-state index is 4.49. The third-order valence-electron chi connectivity index (χ3n) is 4.47. The van der Waals surface area contributed by atoms with Gasteiger partial charge in [0.15, 0.2) is 0 Å². The zero-order valence-electron chi connectivity index (χ0n) is 13.1. The molecule has 0 radical (unpaired) electrons. The molecule has 0 amide bonds. The Kier molecular flexibility index (Phi) is 6.51. The molecule has 1 saturated carbocycles. The summed E-state index contributed by atoms with van der Waals surface area (Å²) in [5.74, 6) is 1.96. The van der Waals surface area contributed by atoms with Gasteiger partial charge in [-0.3, -0.25) is 4.68 Å². The van der Waals surface area contributed by atoms with Crippen LogP contribution in [0.1, 0.15) is 64.6 Å². The van der Waals surface area contributed by atoms with E-state index in [0.29, 0.717) is 6.04 Å². The number of nitrogens with one attached hydrogen (secondary N) is 1. The third-order valence-corrected chi connectivity index (χ3v) is 4.47. The molecule has 1 atom stereocenters. The predicted octanol–water partition coefficient (Wildman–Crippen LogP) is 3.18. The molecule has 1 heterocycles. The molecular weight excluding hydrogens is 248 g/mol. The van der Waals surface area contributed by atoms with Crippen molar-refractivity contribution < 1.29 is 0 Å². The molecule has 114 valence electrons. The molecule has 1 unspecified atom stereocenters. The first-order chi connectivity index (χ1) is 9.85. The van der Waals surface area contributed by atoms with Crippen LogP contribution in [-0.2, 0) is 13.0 Å². The predicted molar refractivity (Wildman–Crippen MR) is 82.7 cm³/mol. The maximum atomic E-state index is 4.49. The number of rotatable bonds is 7. The summed E-state index contributed by atoms with van der Waals surface area (Å²) in [6.45, 7) is 6.43. The fraction of sp³-hybridized carbons (Fsp3) is 0.875. The molecular formula is C16H30N4. The van der Waals surface area contributed by atoms with E-state index < -0.39 is 0 Å². The van der Waals surface area contributed by atoms with E-state index in [9.17, 15) is 0 Å². The molecule has 1 N–H and O–H groups in total. The Bertz CT molecular complexity index is 366. The molecule has 0 bridgehead atoms. The van der Waals surface area contributed by atoms with Gasteiger partial charge < -0.3 is 5.32 Å². The first kappa shape index (κ1) is 15.5. The monoisotopic (exact) mass is 278 g/mol. The summed E-state index contributed by atoms with van der Waals surface area (Å²) in [6.07, 6.45) is 12.2. The summed E-state index contributed by atoms with van der Waals surface area (Å²) >= 11 is 0. The van der Waals surface area contributed by atoms with Gasteiger partial charge in [0.25, 0.3) is 0 Å². The van der Waals surface area contributed by atoms with Crippen molar-refractivity contribution in [2.24, 2.45) is 5.92 Å². The Hall–Kier alpha value is -0.900. The van der Waals surface area contributed by atoms with Crippen LogP contribution in [0.15, 0.2) is 6.33 Å². The van der Waals surface area contributed by atoms with E-state index in [4.69, 9.17) is 0 Å².